The Labute approximate surface area is 122 Å². The highest BCUT2D eigenvalue weighted by molar-refractivity contribution is 7.91. The summed E-state index contributed by atoms with van der Waals surface area (Å²) in [6, 6.07) is -0.305. The second kappa shape index (κ2) is 5.79. The van der Waals surface area contributed by atoms with E-state index in [1.165, 1.54) is 11.3 Å². The van der Waals surface area contributed by atoms with Crippen LogP contribution in [0.25, 0.3) is 0 Å². The molecule has 1 aliphatic rings. The molecule has 0 aromatic carbocycles. The fourth-order valence-corrected chi connectivity index (χ4v) is 4.37. The molecule has 2 heterocycles. The molecule has 1 unspecified atom stereocenters. The van der Waals surface area contributed by atoms with Crippen molar-refractivity contribution in [3.8, 4) is 0 Å². The summed E-state index contributed by atoms with van der Waals surface area (Å²) in [6.07, 6.45) is 1.86. The Kier molecular flexibility index (Phi) is 4.46. The lowest BCUT2D eigenvalue weighted by Gasteiger charge is -2.27. The SMILES string of the molecule is CC(C)(NC(=O)CC1CS(=O)(=O)CCN1)c1nccs1. The van der Waals surface area contributed by atoms with Crippen molar-refractivity contribution in [2.24, 2.45) is 0 Å². The minimum absolute atomic E-state index is 0.0259. The summed E-state index contributed by atoms with van der Waals surface area (Å²) in [5.41, 5.74) is -0.543. The molecule has 112 valence electrons. The fraction of sp³-hybridized carbons (Fsp3) is 0.667. The third kappa shape index (κ3) is 4.00. The first-order valence-corrected chi connectivity index (χ1v) is 9.13. The van der Waals surface area contributed by atoms with Crippen molar-refractivity contribution >= 4 is 27.1 Å². The summed E-state index contributed by atoms with van der Waals surface area (Å²) in [4.78, 5) is 16.3. The number of carbonyl (C=O) groups is 1. The maximum absolute atomic E-state index is 12.1. The molecule has 1 fully saturated rings. The zero-order valence-corrected chi connectivity index (χ0v) is 13.2. The first kappa shape index (κ1) is 15.4. The van der Waals surface area contributed by atoms with E-state index in [4.69, 9.17) is 0 Å². The largest absolute Gasteiger partial charge is 0.345 e. The number of carbonyl (C=O) groups excluding carboxylic acids is 1. The van der Waals surface area contributed by atoms with Crippen molar-refractivity contribution in [1.82, 2.24) is 15.6 Å². The Morgan fingerprint density at radius 1 is 1.60 bits per heavy atom. The molecule has 1 aliphatic heterocycles. The van der Waals surface area contributed by atoms with Gasteiger partial charge in [0.15, 0.2) is 9.84 Å². The molecule has 1 saturated heterocycles. The summed E-state index contributed by atoms with van der Waals surface area (Å²) in [6.45, 7) is 4.18. The molecule has 2 rings (SSSR count). The van der Waals surface area contributed by atoms with Crippen molar-refractivity contribution in [3.05, 3.63) is 16.6 Å². The van der Waals surface area contributed by atoms with E-state index in [1.807, 2.05) is 19.2 Å². The van der Waals surface area contributed by atoms with Gasteiger partial charge in [0.25, 0.3) is 0 Å². The normalized spacial score (nSPS) is 22.4. The van der Waals surface area contributed by atoms with E-state index in [9.17, 15) is 13.2 Å². The Morgan fingerprint density at radius 2 is 2.35 bits per heavy atom. The number of hydrogen-bond acceptors (Lipinski definition) is 6. The van der Waals surface area contributed by atoms with Gasteiger partial charge in [0.05, 0.1) is 17.0 Å². The van der Waals surface area contributed by atoms with Gasteiger partial charge in [-0.05, 0) is 13.8 Å². The molecular formula is C12H19N3O3S2. The van der Waals surface area contributed by atoms with Gasteiger partial charge >= 0.3 is 0 Å². The number of hydrogen-bond donors (Lipinski definition) is 2. The van der Waals surface area contributed by atoms with Gasteiger partial charge in [0.1, 0.15) is 5.01 Å². The van der Waals surface area contributed by atoms with Crippen LogP contribution in [0.2, 0.25) is 0 Å². The molecule has 0 spiro atoms. The average Bonchev–Trinajstić information content (AvgIpc) is 2.79. The average molecular weight is 317 g/mol. The molecule has 1 amide bonds. The van der Waals surface area contributed by atoms with E-state index in [2.05, 4.69) is 15.6 Å². The van der Waals surface area contributed by atoms with Crippen LogP contribution in [0.5, 0.6) is 0 Å². The standard InChI is InChI=1S/C12H19N3O3S2/c1-12(2,11-14-3-5-19-11)15-10(16)7-9-8-20(17,18)6-4-13-9/h3,5,9,13H,4,6-8H2,1-2H3,(H,15,16). The highest BCUT2D eigenvalue weighted by atomic mass is 32.2. The van der Waals surface area contributed by atoms with Crippen LogP contribution in [-0.4, -0.2) is 43.4 Å². The van der Waals surface area contributed by atoms with E-state index in [1.54, 1.807) is 6.20 Å². The van der Waals surface area contributed by atoms with Gasteiger partial charge in [-0.15, -0.1) is 11.3 Å². The van der Waals surface area contributed by atoms with Gasteiger partial charge in [-0.25, -0.2) is 13.4 Å². The van der Waals surface area contributed by atoms with Gasteiger partial charge in [-0.2, -0.15) is 0 Å². The lowest BCUT2D eigenvalue weighted by molar-refractivity contribution is -0.123. The summed E-state index contributed by atoms with van der Waals surface area (Å²) < 4.78 is 23.1. The minimum Gasteiger partial charge on any atom is -0.345 e. The van der Waals surface area contributed by atoms with Crippen LogP contribution >= 0.6 is 11.3 Å². The van der Waals surface area contributed by atoms with Crippen LogP contribution in [0.4, 0.5) is 0 Å². The first-order valence-electron chi connectivity index (χ1n) is 6.43. The zero-order valence-electron chi connectivity index (χ0n) is 11.5. The van der Waals surface area contributed by atoms with Gasteiger partial charge in [0, 0.05) is 30.6 Å². The number of amides is 1. The smallest absolute Gasteiger partial charge is 0.222 e. The molecule has 1 aromatic rings. The molecule has 1 atom stereocenters. The van der Waals surface area contributed by atoms with E-state index in [0.29, 0.717) is 6.54 Å². The number of rotatable bonds is 4. The quantitative estimate of drug-likeness (QED) is 0.832. The van der Waals surface area contributed by atoms with Crippen LogP contribution in [0.15, 0.2) is 11.6 Å². The van der Waals surface area contributed by atoms with Crippen molar-refractivity contribution < 1.29 is 13.2 Å². The van der Waals surface area contributed by atoms with E-state index in [0.717, 1.165) is 5.01 Å². The van der Waals surface area contributed by atoms with Crippen molar-refractivity contribution in [2.75, 3.05) is 18.1 Å². The maximum atomic E-state index is 12.1. The fourth-order valence-electron chi connectivity index (χ4n) is 2.21. The summed E-state index contributed by atoms with van der Waals surface area (Å²) in [5, 5.41) is 8.67. The predicted molar refractivity (Wildman–Crippen MR) is 78.3 cm³/mol. The monoisotopic (exact) mass is 317 g/mol. The summed E-state index contributed by atoms with van der Waals surface area (Å²) in [7, 11) is -3.02. The zero-order chi connectivity index (χ0) is 14.8. The number of thiazole rings is 1. The van der Waals surface area contributed by atoms with Crippen LogP contribution < -0.4 is 10.6 Å². The Morgan fingerprint density at radius 3 is 2.95 bits per heavy atom. The number of sulfone groups is 1. The van der Waals surface area contributed by atoms with Crippen molar-refractivity contribution in [2.45, 2.75) is 31.8 Å². The molecule has 6 nitrogen and oxygen atoms in total. The third-order valence-corrected chi connectivity index (χ3v) is 5.99. The van der Waals surface area contributed by atoms with E-state index >= 15 is 0 Å². The summed E-state index contributed by atoms with van der Waals surface area (Å²) in [5.74, 6) is 0.00758. The molecule has 0 saturated carbocycles. The maximum Gasteiger partial charge on any atom is 0.222 e. The van der Waals surface area contributed by atoms with E-state index < -0.39 is 15.4 Å². The van der Waals surface area contributed by atoms with Crippen molar-refractivity contribution in [3.63, 3.8) is 0 Å². The minimum atomic E-state index is -3.02. The number of aromatic nitrogens is 1. The first-order chi connectivity index (χ1) is 9.28. The third-order valence-electron chi connectivity index (χ3n) is 3.15. The van der Waals surface area contributed by atoms with Crippen LogP contribution in [0.3, 0.4) is 0 Å². The summed E-state index contributed by atoms with van der Waals surface area (Å²) >= 11 is 1.48. The topological polar surface area (TPSA) is 88.2 Å². The van der Waals surface area contributed by atoms with Crippen molar-refractivity contribution in [1.29, 1.82) is 0 Å². The van der Waals surface area contributed by atoms with Gasteiger partial charge in [0.2, 0.25) is 5.91 Å². The molecule has 0 bridgehead atoms. The molecular weight excluding hydrogens is 298 g/mol. The van der Waals surface area contributed by atoms with Crippen LogP contribution in [0.1, 0.15) is 25.3 Å². The van der Waals surface area contributed by atoms with Gasteiger partial charge in [-0.3, -0.25) is 4.79 Å². The molecule has 8 heteroatoms. The number of nitrogens with one attached hydrogen (secondary N) is 2. The molecule has 1 aromatic heterocycles. The predicted octanol–water partition coefficient (Wildman–Crippen LogP) is 0.271. The molecule has 0 radical (unpaired) electrons. The Bertz CT molecular complexity index is 567. The second-order valence-corrected chi connectivity index (χ2v) is 8.60. The Balaban J connectivity index is 1.93. The van der Waals surface area contributed by atoms with E-state index in [-0.39, 0.29) is 29.9 Å². The molecule has 2 N–H and O–H groups in total. The lowest BCUT2D eigenvalue weighted by atomic mass is 10.1. The highest BCUT2D eigenvalue weighted by Crippen LogP contribution is 2.22. The highest BCUT2D eigenvalue weighted by Gasteiger charge is 2.29. The van der Waals surface area contributed by atoms with Crippen LogP contribution in [0, 0.1) is 0 Å². The second-order valence-electron chi connectivity index (χ2n) is 5.48. The van der Waals surface area contributed by atoms with Crippen LogP contribution in [-0.2, 0) is 20.2 Å². The molecule has 0 aliphatic carbocycles. The molecule has 20 heavy (non-hydrogen) atoms. The van der Waals surface area contributed by atoms with Gasteiger partial charge in [-0.1, -0.05) is 0 Å². The number of nitrogens with zero attached hydrogens (tertiary/aromatic N) is 1. The lowest BCUT2D eigenvalue weighted by Crippen LogP contribution is -2.49. The Hall–Kier alpha value is -0.990. The van der Waals surface area contributed by atoms with Gasteiger partial charge < -0.3 is 10.6 Å².